The summed E-state index contributed by atoms with van der Waals surface area (Å²) >= 11 is 0. The van der Waals surface area contributed by atoms with E-state index in [1.54, 1.807) is 54.7 Å². The molecule has 2 amide bonds. The number of aromatic nitrogens is 1. The third-order valence-electron chi connectivity index (χ3n) is 7.94. The maximum absolute atomic E-state index is 12.7. The molecule has 0 radical (unpaired) electrons. The van der Waals surface area contributed by atoms with Crippen molar-refractivity contribution in [2.45, 2.75) is 26.3 Å². The highest BCUT2D eigenvalue weighted by Gasteiger charge is 2.22. The van der Waals surface area contributed by atoms with Crippen molar-refractivity contribution in [2.24, 2.45) is 20.9 Å². The number of hydrogen-bond donors (Lipinski definition) is 5. The van der Waals surface area contributed by atoms with Crippen LogP contribution in [0.2, 0.25) is 0 Å². The molecule has 1 aliphatic rings. The van der Waals surface area contributed by atoms with E-state index in [4.69, 9.17) is 24.5 Å². The zero-order chi connectivity index (χ0) is 36.4. The summed E-state index contributed by atoms with van der Waals surface area (Å²) in [4.78, 5) is 43.5. The summed E-state index contributed by atoms with van der Waals surface area (Å²) in [6, 6.07) is 28.5. The van der Waals surface area contributed by atoms with Gasteiger partial charge in [0.2, 0.25) is 5.96 Å². The molecular weight excluding hydrogens is 660 g/mol. The Labute approximate surface area is 303 Å². The van der Waals surface area contributed by atoms with Gasteiger partial charge in [0, 0.05) is 47.6 Å². The number of amides is 2. The fourth-order valence-electron chi connectivity index (χ4n) is 5.13. The smallest absolute Gasteiger partial charge is 0.251 e. The number of phenolic OH excluding ortho intramolecular Hbond substituents is 1. The first kappa shape index (κ1) is 37.3. The van der Waals surface area contributed by atoms with E-state index in [0.717, 1.165) is 17.8 Å². The molecule has 0 saturated heterocycles. The van der Waals surface area contributed by atoms with Crippen molar-refractivity contribution in [1.82, 2.24) is 15.6 Å². The van der Waals surface area contributed by atoms with E-state index in [9.17, 15) is 14.7 Å². The van der Waals surface area contributed by atoms with Crippen LogP contribution in [0.3, 0.4) is 0 Å². The summed E-state index contributed by atoms with van der Waals surface area (Å²) in [6.07, 6.45) is 3.02. The third-order valence-corrected chi connectivity index (χ3v) is 7.94. The van der Waals surface area contributed by atoms with Crippen LogP contribution in [0.5, 0.6) is 5.75 Å². The molecular formula is C39H44N8O5. The highest BCUT2D eigenvalue weighted by atomic mass is 16.5. The number of rotatable bonds is 16. The number of guanidine groups is 1. The first-order valence-electron chi connectivity index (χ1n) is 17.3. The van der Waals surface area contributed by atoms with Gasteiger partial charge in [-0.3, -0.25) is 19.6 Å². The van der Waals surface area contributed by atoms with Gasteiger partial charge >= 0.3 is 0 Å². The van der Waals surface area contributed by atoms with Crippen LogP contribution in [0.4, 0.5) is 11.4 Å². The lowest BCUT2D eigenvalue weighted by molar-refractivity contribution is 0.0512. The molecule has 3 aromatic carbocycles. The second-order valence-electron chi connectivity index (χ2n) is 11.8. The monoisotopic (exact) mass is 704 g/mol. The summed E-state index contributed by atoms with van der Waals surface area (Å²) in [5, 5.41) is 22.2. The molecule has 13 nitrogen and oxygen atoms in total. The number of benzene rings is 3. The Hall–Kier alpha value is -5.92. The highest BCUT2D eigenvalue weighted by Crippen LogP contribution is 2.21. The van der Waals surface area contributed by atoms with Crippen molar-refractivity contribution in [1.29, 1.82) is 0 Å². The number of carbonyl (C=O) groups excluding carboxylic acids is 2. The van der Waals surface area contributed by atoms with E-state index < -0.39 is 0 Å². The van der Waals surface area contributed by atoms with Gasteiger partial charge in [-0.15, -0.1) is 0 Å². The average Bonchev–Trinajstić information content (AvgIpc) is 3.34. The number of anilines is 2. The molecule has 5 N–H and O–H groups in total. The molecule has 1 aliphatic heterocycles. The lowest BCUT2D eigenvalue weighted by Gasteiger charge is -2.18. The number of ether oxygens (including phenoxy) is 2. The Balaban J connectivity index is 1.13. The minimum absolute atomic E-state index is 0.0142. The summed E-state index contributed by atoms with van der Waals surface area (Å²) in [5.74, 6) is 1.50. The molecule has 52 heavy (non-hydrogen) atoms. The Morgan fingerprint density at radius 1 is 0.769 bits per heavy atom. The Morgan fingerprint density at radius 3 is 2.17 bits per heavy atom. The largest absolute Gasteiger partial charge is 0.508 e. The molecule has 1 unspecified atom stereocenters. The van der Waals surface area contributed by atoms with E-state index in [-0.39, 0.29) is 23.5 Å². The molecule has 2 heterocycles. The fraction of sp³-hybridized carbons (Fsp3) is 0.282. The summed E-state index contributed by atoms with van der Waals surface area (Å²) < 4.78 is 11.3. The van der Waals surface area contributed by atoms with Gasteiger partial charge in [-0.2, -0.15) is 9.98 Å². The number of carbonyl (C=O) groups is 2. The molecule has 0 aliphatic carbocycles. The lowest BCUT2D eigenvalue weighted by Crippen LogP contribution is -2.27. The Kier molecular flexibility index (Phi) is 14.4. The van der Waals surface area contributed by atoms with Crippen LogP contribution in [0.15, 0.2) is 118 Å². The van der Waals surface area contributed by atoms with E-state index in [1.165, 1.54) is 0 Å². The highest BCUT2D eigenvalue weighted by molar-refractivity contribution is 6.14. The minimum Gasteiger partial charge on any atom is -0.508 e. The summed E-state index contributed by atoms with van der Waals surface area (Å²) in [6.45, 7) is 4.81. The van der Waals surface area contributed by atoms with Crippen molar-refractivity contribution in [3.63, 3.8) is 0 Å². The molecule has 5 rings (SSSR count). The van der Waals surface area contributed by atoms with Crippen molar-refractivity contribution in [2.75, 3.05) is 50.2 Å². The van der Waals surface area contributed by atoms with Crippen LogP contribution in [-0.2, 0) is 16.0 Å². The number of aliphatic imine (C=N–C) groups is 3. The molecule has 270 valence electrons. The maximum atomic E-state index is 12.7. The number of nitrogens with zero attached hydrogens (tertiary/aromatic N) is 4. The van der Waals surface area contributed by atoms with Gasteiger partial charge < -0.3 is 35.8 Å². The van der Waals surface area contributed by atoms with Crippen LogP contribution in [-0.4, -0.2) is 79.1 Å². The van der Waals surface area contributed by atoms with Crippen molar-refractivity contribution < 1.29 is 24.2 Å². The van der Waals surface area contributed by atoms with Gasteiger partial charge in [0.25, 0.3) is 11.8 Å². The van der Waals surface area contributed by atoms with Crippen LogP contribution >= 0.6 is 0 Å². The van der Waals surface area contributed by atoms with Gasteiger partial charge in [0.1, 0.15) is 17.4 Å². The zero-order valence-corrected chi connectivity index (χ0v) is 29.1. The van der Waals surface area contributed by atoms with Gasteiger partial charge in [-0.25, -0.2) is 0 Å². The number of amidine groups is 2. The SMILES string of the molecule is CCC1CC(=NCCOCCOCCNC(=O)c2ccccc2)N=C(Nc2ccc(O)cc2)N=C1Nc1ccc(C(=O)NCc2ccccn2)cc1. The average molecular weight is 705 g/mol. The number of nitrogens with one attached hydrogen (secondary N) is 4. The number of hydrogen-bond acceptors (Lipinski definition) is 10. The van der Waals surface area contributed by atoms with Gasteiger partial charge in [0.15, 0.2) is 0 Å². The number of pyridine rings is 1. The predicted molar refractivity (Wildman–Crippen MR) is 203 cm³/mol. The van der Waals surface area contributed by atoms with E-state index >= 15 is 0 Å². The van der Waals surface area contributed by atoms with Crippen LogP contribution < -0.4 is 21.3 Å². The summed E-state index contributed by atoms with van der Waals surface area (Å²) in [5.41, 5.74) is 3.41. The molecule has 0 spiro atoms. The standard InChI is InChI=1S/C39H44N8O5/c1-2-28-26-35(41-20-22-51-24-25-52-23-21-42-37(49)29-8-4-3-5-9-29)46-39(45-32-15-17-34(48)18-16-32)47-36(28)44-31-13-11-30(12-14-31)38(50)43-27-33-10-6-7-19-40-33/h3-19,28,48H,2,20-27H2,1H3,(H,42,49)(H,43,50)(H2,41,44,45,46,47). The van der Waals surface area contributed by atoms with Crippen LogP contribution in [0.1, 0.15) is 46.2 Å². The van der Waals surface area contributed by atoms with Gasteiger partial charge in [0.05, 0.1) is 45.2 Å². The molecule has 1 atom stereocenters. The molecule has 1 aromatic heterocycles. The number of aromatic hydroxyl groups is 1. The third kappa shape index (κ3) is 12.1. The predicted octanol–water partition coefficient (Wildman–Crippen LogP) is 5.29. The minimum atomic E-state index is -0.190. The van der Waals surface area contributed by atoms with Crippen molar-refractivity contribution in [3.05, 3.63) is 120 Å². The molecule has 0 bridgehead atoms. The van der Waals surface area contributed by atoms with Crippen molar-refractivity contribution in [3.8, 4) is 5.75 Å². The van der Waals surface area contributed by atoms with E-state index in [1.807, 2.05) is 48.5 Å². The van der Waals surface area contributed by atoms with Crippen molar-refractivity contribution >= 4 is 40.8 Å². The molecule has 0 fully saturated rings. The van der Waals surface area contributed by atoms with Gasteiger partial charge in [-0.05, 0) is 79.2 Å². The van der Waals surface area contributed by atoms with E-state index in [0.29, 0.717) is 86.9 Å². The number of phenols is 1. The Bertz CT molecular complexity index is 1820. The lowest BCUT2D eigenvalue weighted by atomic mass is 10.00. The second kappa shape index (κ2) is 20.1. The summed E-state index contributed by atoms with van der Waals surface area (Å²) in [7, 11) is 0. The quantitative estimate of drug-likeness (QED) is 0.0774. The normalized spacial score (nSPS) is 14.9. The van der Waals surface area contributed by atoms with Crippen LogP contribution in [0.25, 0.3) is 0 Å². The van der Waals surface area contributed by atoms with E-state index in [2.05, 4.69) is 33.2 Å². The first-order valence-corrected chi connectivity index (χ1v) is 17.3. The zero-order valence-electron chi connectivity index (χ0n) is 29.1. The molecule has 13 heteroatoms. The first-order chi connectivity index (χ1) is 25.5. The fourth-order valence-corrected chi connectivity index (χ4v) is 5.13. The van der Waals surface area contributed by atoms with Gasteiger partial charge in [-0.1, -0.05) is 31.2 Å². The Morgan fingerprint density at radius 2 is 1.44 bits per heavy atom. The van der Waals surface area contributed by atoms with Crippen LogP contribution in [0, 0.1) is 5.92 Å². The molecule has 4 aromatic rings. The molecule has 0 saturated carbocycles. The topological polar surface area (TPSA) is 171 Å². The maximum Gasteiger partial charge on any atom is 0.251 e. The second-order valence-corrected chi connectivity index (χ2v) is 11.8.